The lowest BCUT2D eigenvalue weighted by Gasteiger charge is -2.43. The summed E-state index contributed by atoms with van der Waals surface area (Å²) in [5.74, 6) is 0.705. The van der Waals surface area contributed by atoms with Crippen molar-refractivity contribution >= 4 is 17.5 Å². The highest BCUT2D eigenvalue weighted by molar-refractivity contribution is 6.20. The fourth-order valence-corrected chi connectivity index (χ4v) is 7.10. The molecule has 0 aromatic rings. The van der Waals surface area contributed by atoms with Crippen molar-refractivity contribution in [2.75, 3.05) is 33.4 Å². The summed E-state index contributed by atoms with van der Waals surface area (Å²) in [5, 5.41) is 14.3. The number of nitrogens with zero attached hydrogens (tertiary/aromatic N) is 1. The summed E-state index contributed by atoms with van der Waals surface area (Å²) in [4.78, 5) is 15.6. The first-order valence-corrected chi connectivity index (χ1v) is 14.0. The van der Waals surface area contributed by atoms with Gasteiger partial charge in [-0.05, 0) is 65.0 Å². The maximum atomic E-state index is 13.2. The Balaban J connectivity index is 1.08. The van der Waals surface area contributed by atoms with Crippen molar-refractivity contribution in [3.05, 3.63) is 0 Å². The predicted molar refractivity (Wildman–Crippen MR) is 133 cm³/mol. The molecule has 5 fully saturated rings. The van der Waals surface area contributed by atoms with Crippen LogP contribution in [0.4, 0.5) is 0 Å². The molecule has 9 nitrogen and oxygen atoms in total. The van der Waals surface area contributed by atoms with Gasteiger partial charge in [0.1, 0.15) is 0 Å². The number of fused-ring (bicyclic) bond motifs is 1. The van der Waals surface area contributed by atoms with E-state index in [2.05, 4.69) is 44.1 Å². The number of nitrogens with one attached hydrogen (secondary N) is 6. The highest BCUT2D eigenvalue weighted by Gasteiger charge is 2.41. The Morgan fingerprint density at radius 2 is 2.03 bits per heavy atom. The van der Waals surface area contributed by atoms with Gasteiger partial charge in [-0.25, -0.2) is 10.9 Å². The van der Waals surface area contributed by atoms with E-state index in [9.17, 15) is 4.79 Å². The quantitative estimate of drug-likeness (QED) is 0.294. The number of halogens is 1. The summed E-state index contributed by atoms with van der Waals surface area (Å²) < 4.78 is 6.00. The maximum Gasteiger partial charge on any atom is 0.223 e. The highest BCUT2D eigenvalue weighted by Crippen LogP contribution is 2.36. The van der Waals surface area contributed by atoms with Gasteiger partial charge in [0.2, 0.25) is 5.91 Å². The van der Waals surface area contributed by atoms with Crippen LogP contribution in [-0.2, 0) is 9.53 Å². The molecule has 2 saturated carbocycles. The summed E-state index contributed by atoms with van der Waals surface area (Å²) in [7, 11) is 2.18. The number of alkyl halides is 1. The van der Waals surface area contributed by atoms with Crippen molar-refractivity contribution in [3.8, 4) is 0 Å². The van der Waals surface area contributed by atoms with Crippen LogP contribution in [-0.4, -0.2) is 86.2 Å². The van der Waals surface area contributed by atoms with E-state index >= 15 is 0 Å². The van der Waals surface area contributed by atoms with Crippen LogP contribution in [0, 0.1) is 11.8 Å². The molecule has 2 aliphatic carbocycles. The number of carbonyl (C=O) groups is 1. The molecule has 10 heteroatoms. The Bertz CT molecular complexity index is 682. The largest absolute Gasteiger partial charge is 0.378 e. The number of rotatable bonds is 6. The van der Waals surface area contributed by atoms with Gasteiger partial charge in [0.25, 0.3) is 0 Å². The van der Waals surface area contributed by atoms with Gasteiger partial charge in [-0.1, -0.05) is 6.42 Å². The first kappa shape index (κ1) is 25.1. The molecule has 0 bridgehead atoms. The van der Waals surface area contributed by atoms with Crippen LogP contribution < -0.4 is 32.1 Å². The zero-order valence-corrected chi connectivity index (χ0v) is 21.3. The normalized spacial score (nSPS) is 43.9. The zero-order valence-electron chi connectivity index (χ0n) is 20.5. The lowest BCUT2D eigenvalue weighted by molar-refractivity contribution is -0.130. The molecule has 34 heavy (non-hydrogen) atoms. The van der Waals surface area contributed by atoms with E-state index in [0.717, 1.165) is 84.2 Å². The molecule has 6 N–H and O–H groups in total. The molecule has 9 atom stereocenters. The first-order chi connectivity index (χ1) is 16.6. The molecule has 0 spiro atoms. The molecule has 5 aliphatic rings. The topological polar surface area (TPSA) is 102 Å². The molecular formula is C24H44ClN7O2. The van der Waals surface area contributed by atoms with E-state index in [1.54, 1.807) is 0 Å². The minimum atomic E-state index is 0.0991. The number of carbonyl (C=O) groups excluding carboxylic acids is 1. The molecule has 3 saturated heterocycles. The molecule has 0 radical (unpaired) electrons. The third kappa shape index (κ3) is 5.89. The van der Waals surface area contributed by atoms with Crippen LogP contribution in [0.1, 0.15) is 57.8 Å². The number of likely N-dealkylation sites (N-methyl/N-ethyl adjacent to an activating group) is 1. The smallest absolute Gasteiger partial charge is 0.223 e. The van der Waals surface area contributed by atoms with Crippen molar-refractivity contribution in [3.63, 3.8) is 0 Å². The van der Waals surface area contributed by atoms with Crippen molar-refractivity contribution in [1.82, 2.24) is 37.0 Å². The summed E-state index contributed by atoms with van der Waals surface area (Å²) in [5.41, 5.74) is 6.94. The Kier molecular flexibility index (Phi) is 8.64. The number of hydrogen-bond donors (Lipinski definition) is 6. The Morgan fingerprint density at radius 3 is 2.88 bits per heavy atom. The van der Waals surface area contributed by atoms with E-state index < -0.39 is 0 Å². The number of amides is 1. The van der Waals surface area contributed by atoms with Crippen LogP contribution in [0.15, 0.2) is 0 Å². The number of ether oxygens (including phenoxy) is 1. The molecular weight excluding hydrogens is 454 g/mol. The molecule has 8 unspecified atom stereocenters. The van der Waals surface area contributed by atoms with Crippen LogP contribution in [0.25, 0.3) is 0 Å². The van der Waals surface area contributed by atoms with Crippen LogP contribution >= 0.6 is 11.6 Å². The maximum absolute atomic E-state index is 13.2. The average molecular weight is 498 g/mol. The lowest BCUT2D eigenvalue weighted by Crippen LogP contribution is -2.58. The van der Waals surface area contributed by atoms with Crippen molar-refractivity contribution < 1.29 is 9.53 Å². The van der Waals surface area contributed by atoms with Crippen LogP contribution in [0.2, 0.25) is 0 Å². The van der Waals surface area contributed by atoms with Crippen molar-refractivity contribution in [2.24, 2.45) is 11.8 Å². The number of hydrogen-bond acceptors (Lipinski definition) is 8. The molecule has 3 heterocycles. The van der Waals surface area contributed by atoms with E-state index in [1.807, 2.05) is 0 Å². The summed E-state index contributed by atoms with van der Waals surface area (Å²) >= 11 is 6.46. The Morgan fingerprint density at radius 1 is 1.12 bits per heavy atom. The van der Waals surface area contributed by atoms with Gasteiger partial charge in [0.05, 0.1) is 18.4 Å². The summed E-state index contributed by atoms with van der Waals surface area (Å²) in [6, 6.07) is 1.04. The molecule has 5 rings (SSSR count). The number of hydrazine groups is 1. The van der Waals surface area contributed by atoms with E-state index in [-0.39, 0.29) is 41.7 Å². The van der Waals surface area contributed by atoms with Gasteiger partial charge < -0.3 is 20.7 Å². The standard InChI is InChI=1S/C24H44ClN7O2/c1-32-22(30-31-23(32)20-7-9-26-14-28-20)13-27-17-4-2-3-15(11-17)24(33)29-19-8-10-34-21-6-5-16(25)12-18(19)21/h15-23,26-28,30-31H,2-14H2,1H3,(H,29,33)/t15?,16?,17?,18?,19-,20?,21?,22?,23?/m1/s1. The average Bonchev–Trinajstić information content (AvgIpc) is 3.24. The second-order valence-electron chi connectivity index (χ2n) is 11.0. The van der Waals surface area contributed by atoms with E-state index in [0.29, 0.717) is 18.0 Å². The predicted octanol–water partition coefficient (Wildman–Crippen LogP) is 0.417. The molecule has 1 amide bonds. The Hall–Kier alpha value is -0.520. The first-order valence-electron chi connectivity index (χ1n) is 13.5. The second kappa shape index (κ2) is 11.7. The van der Waals surface area contributed by atoms with Crippen LogP contribution in [0.5, 0.6) is 0 Å². The zero-order chi connectivity index (χ0) is 23.5. The second-order valence-corrected chi connectivity index (χ2v) is 11.7. The van der Waals surface area contributed by atoms with Crippen LogP contribution in [0.3, 0.4) is 0 Å². The van der Waals surface area contributed by atoms with Gasteiger partial charge in [-0.3, -0.25) is 15.0 Å². The van der Waals surface area contributed by atoms with E-state index in [4.69, 9.17) is 16.3 Å². The minimum Gasteiger partial charge on any atom is -0.378 e. The van der Waals surface area contributed by atoms with Crippen molar-refractivity contribution in [2.45, 2.75) is 99.7 Å². The molecule has 0 aromatic carbocycles. The minimum absolute atomic E-state index is 0.0991. The van der Waals surface area contributed by atoms with Gasteiger partial charge >= 0.3 is 0 Å². The SMILES string of the molecule is CN1C(CNC2CCCC(C(=O)N[C@@H]3CCOC4CCC(Cl)CC43)C2)NNC1C1CCNCN1. The highest BCUT2D eigenvalue weighted by atomic mass is 35.5. The fraction of sp³-hybridized carbons (Fsp3) is 0.958. The monoisotopic (exact) mass is 497 g/mol. The molecule has 3 aliphatic heterocycles. The third-order valence-electron chi connectivity index (χ3n) is 8.85. The summed E-state index contributed by atoms with van der Waals surface area (Å²) in [6.45, 7) is 3.54. The molecule has 0 aromatic heterocycles. The summed E-state index contributed by atoms with van der Waals surface area (Å²) in [6.07, 6.45) is 9.97. The van der Waals surface area contributed by atoms with Gasteiger partial charge in [-0.15, -0.1) is 11.6 Å². The molecule has 194 valence electrons. The fourth-order valence-electron chi connectivity index (χ4n) is 6.77. The Labute approximate surface area is 209 Å². The van der Waals surface area contributed by atoms with Gasteiger partial charge in [-0.2, -0.15) is 0 Å². The lowest BCUT2D eigenvalue weighted by atomic mass is 9.78. The van der Waals surface area contributed by atoms with Crippen molar-refractivity contribution in [1.29, 1.82) is 0 Å². The van der Waals surface area contributed by atoms with Gasteiger partial charge in [0.15, 0.2) is 0 Å². The van der Waals surface area contributed by atoms with E-state index in [1.165, 1.54) is 0 Å². The third-order valence-corrected chi connectivity index (χ3v) is 9.25. The van der Waals surface area contributed by atoms with Gasteiger partial charge in [0, 0.05) is 55.2 Å².